The fourth-order valence-electron chi connectivity index (χ4n) is 1.84. The van der Waals surface area contributed by atoms with E-state index in [0.29, 0.717) is 5.75 Å². The summed E-state index contributed by atoms with van der Waals surface area (Å²) in [6.45, 7) is 1.91. The molecule has 3 aromatic rings. The summed E-state index contributed by atoms with van der Waals surface area (Å²) in [6.07, 6.45) is 3.27. The van der Waals surface area contributed by atoms with Crippen molar-refractivity contribution in [3.63, 3.8) is 0 Å². The number of H-pyrrole nitrogens is 1. The quantitative estimate of drug-likeness (QED) is 0.793. The van der Waals surface area contributed by atoms with Crippen LogP contribution in [0.5, 0.6) is 0 Å². The van der Waals surface area contributed by atoms with Gasteiger partial charge in [0.25, 0.3) is 0 Å². The molecule has 0 saturated carbocycles. The molecule has 0 aliphatic heterocycles. The lowest BCUT2D eigenvalue weighted by Gasteiger charge is -2.00. The molecule has 5 nitrogen and oxygen atoms in total. The van der Waals surface area contributed by atoms with Gasteiger partial charge in [0, 0.05) is 16.2 Å². The van der Waals surface area contributed by atoms with Crippen LogP contribution in [-0.2, 0) is 10.8 Å². The number of aromatic amines is 1. The van der Waals surface area contributed by atoms with Gasteiger partial charge in [-0.25, -0.2) is 4.98 Å². The first kappa shape index (κ1) is 12.0. The second kappa shape index (κ2) is 4.89. The molecule has 19 heavy (non-hydrogen) atoms. The molecule has 96 valence electrons. The Morgan fingerprint density at radius 2 is 1.89 bits per heavy atom. The van der Waals surface area contributed by atoms with Crippen LogP contribution >= 0.6 is 0 Å². The highest BCUT2D eigenvalue weighted by Crippen LogP contribution is 2.20. The van der Waals surface area contributed by atoms with Gasteiger partial charge in [0.2, 0.25) is 0 Å². The van der Waals surface area contributed by atoms with Crippen LogP contribution in [0.4, 0.5) is 0 Å². The topological polar surface area (TPSA) is 71.5 Å². The molecule has 0 fully saturated rings. The van der Waals surface area contributed by atoms with Gasteiger partial charge >= 0.3 is 0 Å². The number of imidazole rings is 1. The number of hydrogen-bond acceptors (Lipinski definition) is 4. The van der Waals surface area contributed by atoms with Crippen molar-refractivity contribution in [2.75, 3.05) is 5.75 Å². The minimum Gasteiger partial charge on any atom is -0.337 e. The molecule has 0 aliphatic rings. The first-order valence-electron chi connectivity index (χ1n) is 5.93. The van der Waals surface area contributed by atoms with Gasteiger partial charge in [-0.1, -0.05) is 19.1 Å². The van der Waals surface area contributed by atoms with Crippen LogP contribution < -0.4 is 0 Å². The largest absolute Gasteiger partial charge is 0.337 e. The van der Waals surface area contributed by atoms with Gasteiger partial charge in [-0.2, -0.15) is 10.2 Å². The summed E-state index contributed by atoms with van der Waals surface area (Å²) in [7, 11) is -0.920. The van der Waals surface area contributed by atoms with Crippen LogP contribution in [0, 0.1) is 0 Å². The highest BCUT2D eigenvalue weighted by atomic mass is 32.2. The van der Waals surface area contributed by atoms with E-state index in [1.165, 1.54) is 0 Å². The molecule has 0 bridgehead atoms. The summed E-state index contributed by atoms with van der Waals surface area (Å²) >= 11 is 0. The van der Waals surface area contributed by atoms with Crippen LogP contribution in [0.1, 0.15) is 6.92 Å². The predicted octanol–water partition coefficient (Wildman–Crippen LogP) is 2.15. The van der Waals surface area contributed by atoms with Gasteiger partial charge in [0.1, 0.15) is 11.3 Å². The number of rotatable bonds is 3. The Balaban J connectivity index is 1.99. The normalized spacial score (nSPS) is 12.7. The van der Waals surface area contributed by atoms with Crippen LogP contribution in [0.15, 0.2) is 41.6 Å². The summed E-state index contributed by atoms with van der Waals surface area (Å²) < 4.78 is 11.7. The Kier molecular flexibility index (Phi) is 3.08. The third kappa shape index (κ3) is 2.26. The zero-order valence-corrected chi connectivity index (χ0v) is 11.1. The Bertz CT molecular complexity index is 703. The number of fused-ring (bicyclic) bond motifs is 1. The van der Waals surface area contributed by atoms with Crippen molar-refractivity contribution in [2.24, 2.45) is 0 Å². The van der Waals surface area contributed by atoms with Crippen LogP contribution in [0.25, 0.3) is 22.4 Å². The number of nitrogens with zero attached hydrogens (tertiary/aromatic N) is 3. The van der Waals surface area contributed by atoms with Crippen LogP contribution in [-0.4, -0.2) is 30.1 Å². The molecule has 0 spiro atoms. The maximum atomic E-state index is 11.7. The van der Waals surface area contributed by atoms with Crippen molar-refractivity contribution < 1.29 is 4.21 Å². The second-order valence-electron chi connectivity index (χ2n) is 4.03. The minimum atomic E-state index is -0.920. The van der Waals surface area contributed by atoms with Crippen molar-refractivity contribution in [3.05, 3.63) is 36.7 Å². The lowest BCUT2D eigenvalue weighted by molar-refractivity contribution is 0.684. The van der Waals surface area contributed by atoms with E-state index in [2.05, 4.69) is 20.2 Å². The second-order valence-corrected chi connectivity index (χ2v) is 5.77. The Morgan fingerprint density at radius 1 is 1.16 bits per heavy atom. The van der Waals surface area contributed by atoms with E-state index in [1.54, 1.807) is 12.4 Å². The van der Waals surface area contributed by atoms with Crippen molar-refractivity contribution in [1.29, 1.82) is 0 Å². The lowest BCUT2D eigenvalue weighted by Crippen LogP contribution is -1.93. The SMILES string of the molecule is CCS(=O)c1ccc(-c2nc3cnncc3[nH]2)cc1. The number of benzene rings is 1. The summed E-state index contributed by atoms with van der Waals surface area (Å²) in [5.74, 6) is 1.39. The van der Waals surface area contributed by atoms with Crippen LogP contribution in [0.2, 0.25) is 0 Å². The molecule has 0 aliphatic carbocycles. The molecular weight excluding hydrogens is 260 g/mol. The molecule has 0 amide bonds. The summed E-state index contributed by atoms with van der Waals surface area (Å²) in [4.78, 5) is 8.47. The fourth-order valence-corrected chi connectivity index (χ4v) is 2.62. The van der Waals surface area contributed by atoms with Gasteiger partial charge < -0.3 is 4.98 Å². The van der Waals surface area contributed by atoms with Gasteiger partial charge in [-0.05, 0) is 12.1 Å². The Hall–Kier alpha value is -2.08. The van der Waals surface area contributed by atoms with Crippen molar-refractivity contribution >= 4 is 21.8 Å². The highest BCUT2D eigenvalue weighted by Gasteiger charge is 2.06. The van der Waals surface area contributed by atoms with Crippen LogP contribution in [0.3, 0.4) is 0 Å². The smallest absolute Gasteiger partial charge is 0.138 e. The number of hydrogen-bond donors (Lipinski definition) is 1. The Labute approximate surface area is 112 Å². The molecule has 2 aromatic heterocycles. The third-order valence-electron chi connectivity index (χ3n) is 2.85. The van der Waals surface area contributed by atoms with E-state index < -0.39 is 10.8 Å². The van der Waals surface area contributed by atoms with E-state index in [9.17, 15) is 4.21 Å². The molecule has 1 unspecified atom stereocenters. The standard InChI is InChI=1S/C13H12N4OS/c1-2-19(18)10-5-3-9(4-6-10)13-16-11-7-14-15-8-12(11)17-13/h3-8H,2H2,1H3,(H,16,17). The first-order chi connectivity index (χ1) is 9.28. The van der Waals surface area contributed by atoms with Gasteiger partial charge in [-0.15, -0.1) is 0 Å². The lowest BCUT2D eigenvalue weighted by atomic mass is 10.2. The summed E-state index contributed by atoms with van der Waals surface area (Å²) in [5, 5.41) is 7.60. The first-order valence-corrected chi connectivity index (χ1v) is 7.25. The summed E-state index contributed by atoms with van der Waals surface area (Å²) in [5.41, 5.74) is 2.59. The van der Waals surface area contributed by atoms with Gasteiger partial charge in [-0.3, -0.25) is 4.21 Å². The molecule has 1 atom stereocenters. The van der Waals surface area contributed by atoms with E-state index in [4.69, 9.17) is 0 Å². The molecule has 3 rings (SSSR count). The van der Waals surface area contributed by atoms with Crippen molar-refractivity contribution in [2.45, 2.75) is 11.8 Å². The number of aromatic nitrogens is 4. The average molecular weight is 272 g/mol. The highest BCUT2D eigenvalue weighted by molar-refractivity contribution is 7.85. The molecule has 1 aromatic carbocycles. The maximum absolute atomic E-state index is 11.7. The third-order valence-corrected chi connectivity index (χ3v) is 4.17. The van der Waals surface area contributed by atoms with E-state index in [-0.39, 0.29) is 0 Å². The van der Waals surface area contributed by atoms with Crippen molar-refractivity contribution in [3.8, 4) is 11.4 Å². The van der Waals surface area contributed by atoms with Gasteiger partial charge in [0.05, 0.1) is 28.7 Å². The van der Waals surface area contributed by atoms with Crippen molar-refractivity contribution in [1.82, 2.24) is 20.2 Å². The molecule has 1 N–H and O–H groups in total. The maximum Gasteiger partial charge on any atom is 0.138 e. The molecular formula is C13H12N4OS. The molecule has 2 heterocycles. The zero-order chi connectivity index (χ0) is 13.2. The van der Waals surface area contributed by atoms with E-state index in [1.807, 2.05) is 31.2 Å². The predicted molar refractivity (Wildman–Crippen MR) is 74.1 cm³/mol. The monoisotopic (exact) mass is 272 g/mol. The average Bonchev–Trinajstić information content (AvgIpc) is 2.90. The molecule has 6 heteroatoms. The van der Waals surface area contributed by atoms with E-state index in [0.717, 1.165) is 27.3 Å². The van der Waals surface area contributed by atoms with Gasteiger partial charge in [0.15, 0.2) is 0 Å². The fraction of sp³-hybridized carbons (Fsp3) is 0.154. The molecule has 0 radical (unpaired) electrons. The zero-order valence-electron chi connectivity index (χ0n) is 10.3. The Morgan fingerprint density at radius 3 is 2.58 bits per heavy atom. The minimum absolute atomic E-state index is 0.626. The molecule has 0 saturated heterocycles. The number of nitrogens with one attached hydrogen (secondary N) is 1. The van der Waals surface area contributed by atoms with E-state index >= 15 is 0 Å². The summed E-state index contributed by atoms with van der Waals surface area (Å²) in [6, 6.07) is 7.58.